The number of nitrogens with one attached hydrogen (secondary N) is 1. The number of ether oxygens (including phenoxy) is 1. The van der Waals surface area contributed by atoms with Gasteiger partial charge in [-0.2, -0.15) is 5.10 Å². The summed E-state index contributed by atoms with van der Waals surface area (Å²) in [5, 5.41) is 7.79. The van der Waals surface area contributed by atoms with Crippen molar-refractivity contribution in [2.24, 2.45) is 7.05 Å². The summed E-state index contributed by atoms with van der Waals surface area (Å²) in [5.41, 5.74) is 1.31. The fourth-order valence-corrected chi connectivity index (χ4v) is 2.73. The Morgan fingerprint density at radius 2 is 2.39 bits per heavy atom. The third kappa shape index (κ3) is 3.56. The quantitative estimate of drug-likeness (QED) is 0.839. The van der Waals surface area contributed by atoms with Crippen LogP contribution in [-0.4, -0.2) is 34.6 Å². The van der Waals surface area contributed by atoms with Crippen molar-refractivity contribution in [1.29, 1.82) is 0 Å². The highest BCUT2D eigenvalue weighted by atomic mass is 16.5. The summed E-state index contributed by atoms with van der Waals surface area (Å²) in [6, 6.07) is 0.472. The van der Waals surface area contributed by atoms with Gasteiger partial charge in [0.05, 0.1) is 18.4 Å². The molecule has 1 aliphatic rings. The Morgan fingerprint density at radius 1 is 1.56 bits per heavy atom. The smallest absolute Gasteiger partial charge is 0.0732 e. The molecule has 18 heavy (non-hydrogen) atoms. The van der Waals surface area contributed by atoms with E-state index in [0.717, 1.165) is 19.4 Å². The van der Waals surface area contributed by atoms with E-state index in [1.807, 2.05) is 17.9 Å². The lowest BCUT2D eigenvalue weighted by molar-refractivity contribution is 0.0305. The van der Waals surface area contributed by atoms with Gasteiger partial charge in [-0.15, -0.1) is 0 Å². The fraction of sp³-hybridized carbons (Fsp3) is 0.786. The highest BCUT2D eigenvalue weighted by Gasteiger charge is 2.28. The van der Waals surface area contributed by atoms with Gasteiger partial charge in [-0.25, -0.2) is 0 Å². The van der Waals surface area contributed by atoms with E-state index in [9.17, 15) is 0 Å². The minimum Gasteiger partial charge on any atom is -0.374 e. The van der Waals surface area contributed by atoms with E-state index in [0.29, 0.717) is 18.2 Å². The summed E-state index contributed by atoms with van der Waals surface area (Å²) in [7, 11) is 1.97. The molecule has 1 saturated heterocycles. The largest absolute Gasteiger partial charge is 0.374 e. The maximum atomic E-state index is 5.99. The first-order valence-corrected chi connectivity index (χ1v) is 7.05. The van der Waals surface area contributed by atoms with Gasteiger partial charge in [-0.3, -0.25) is 4.68 Å². The minimum absolute atomic E-state index is 0.386. The third-order valence-electron chi connectivity index (χ3n) is 3.68. The number of hydrogen-bond acceptors (Lipinski definition) is 3. The van der Waals surface area contributed by atoms with Gasteiger partial charge in [0.1, 0.15) is 0 Å². The van der Waals surface area contributed by atoms with Crippen LogP contribution in [-0.2, 0) is 18.2 Å². The molecule has 1 N–H and O–H groups in total. The van der Waals surface area contributed by atoms with Crippen molar-refractivity contribution >= 4 is 0 Å². The molecule has 2 heterocycles. The molecule has 0 radical (unpaired) electrons. The average molecular weight is 251 g/mol. The Kier molecular flexibility index (Phi) is 4.78. The summed E-state index contributed by atoms with van der Waals surface area (Å²) in [6.45, 7) is 5.34. The molecule has 1 fully saturated rings. The van der Waals surface area contributed by atoms with Crippen molar-refractivity contribution in [2.45, 2.75) is 57.8 Å². The van der Waals surface area contributed by atoms with Crippen LogP contribution in [0, 0.1) is 0 Å². The van der Waals surface area contributed by atoms with Gasteiger partial charge < -0.3 is 10.1 Å². The summed E-state index contributed by atoms with van der Waals surface area (Å²) < 4.78 is 7.85. The molecule has 3 unspecified atom stereocenters. The van der Waals surface area contributed by atoms with Crippen LogP contribution >= 0.6 is 0 Å². The summed E-state index contributed by atoms with van der Waals surface area (Å²) >= 11 is 0. The van der Waals surface area contributed by atoms with E-state index >= 15 is 0 Å². The Morgan fingerprint density at radius 3 is 2.94 bits per heavy atom. The van der Waals surface area contributed by atoms with Crippen molar-refractivity contribution in [3.63, 3.8) is 0 Å². The van der Waals surface area contributed by atoms with Crippen LogP contribution in [0.4, 0.5) is 0 Å². The van der Waals surface area contributed by atoms with E-state index in [1.165, 1.54) is 18.4 Å². The molecule has 0 aromatic carbocycles. The van der Waals surface area contributed by atoms with Crippen molar-refractivity contribution in [2.75, 3.05) is 6.54 Å². The molecule has 0 aliphatic carbocycles. The molecule has 0 bridgehead atoms. The molecule has 0 spiro atoms. The van der Waals surface area contributed by atoms with E-state index in [1.54, 1.807) is 0 Å². The zero-order valence-electron chi connectivity index (χ0n) is 11.7. The number of rotatable bonds is 6. The normalized spacial score (nSPS) is 25.5. The SMILES string of the molecule is CCNC(CCc1cnn(C)c1)C1CCC(C)O1. The lowest BCUT2D eigenvalue weighted by Crippen LogP contribution is -2.40. The molecule has 3 atom stereocenters. The van der Waals surface area contributed by atoms with Crippen molar-refractivity contribution in [3.8, 4) is 0 Å². The Hall–Kier alpha value is -0.870. The lowest BCUT2D eigenvalue weighted by Gasteiger charge is -2.24. The number of likely N-dealkylation sites (N-methyl/N-ethyl adjacent to an activating group) is 1. The monoisotopic (exact) mass is 251 g/mol. The Labute approximate surface area is 110 Å². The van der Waals surface area contributed by atoms with E-state index in [4.69, 9.17) is 4.74 Å². The molecule has 0 amide bonds. The average Bonchev–Trinajstić information content (AvgIpc) is 2.94. The molecule has 0 saturated carbocycles. The predicted molar refractivity (Wildman–Crippen MR) is 72.6 cm³/mol. The summed E-state index contributed by atoms with van der Waals surface area (Å²) in [6.07, 6.45) is 9.44. The molecule has 4 heteroatoms. The summed E-state index contributed by atoms with van der Waals surface area (Å²) in [5.74, 6) is 0. The topological polar surface area (TPSA) is 39.1 Å². The Bertz CT molecular complexity index is 364. The number of hydrogen-bond donors (Lipinski definition) is 1. The third-order valence-corrected chi connectivity index (χ3v) is 3.68. The second kappa shape index (κ2) is 6.34. The lowest BCUT2D eigenvalue weighted by atomic mass is 10.0. The van der Waals surface area contributed by atoms with Gasteiger partial charge in [-0.05, 0) is 44.7 Å². The van der Waals surface area contributed by atoms with Crippen LogP contribution in [0.5, 0.6) is 0 Å². The second-order valence-corrected chi connectivity index (χ2v) is 5.29. The van der Waals surface area contributed by atoms with Crippen molar-refractivity contribution in [1.82, 2.24) is 15.1 Å². The molecular formula is C14H25N3O. The van der Waals surface area contributed by atoms with Gasteiger partial charge in [0.2, 0.25) is 0 Å². The minimum atomic E-state index is 0.386. The number of nitrogens with zero attached hydrogens (tertiary/aromatic N) is 2. The first-order valence-electron chi connectivity index (χ1n) is 7.05. The molecular weight excluding hydrogens is 226 g/mol. The van der Waals surface area contributed by atoms with E-state index in [2.05, 4.69) is 30.5 Å². The van der Waals surface area contributed by atoms with Gasteiger partial charge in [0.25, 0.3) is 0 Å². The van der Waals surface area contributed by atoms with Crippen LogP contribution in [0.1, 0.15) is 38.7 Å². The summed E-state index contributed by atoms with van der Waals surface area (Å²) in [4.78, 5) is 0. The first-order chi connectivity index (χ1) is 8.69. The molecule has 4 nitrogen and oxygen atoms in total. The fourth-order valence-electron chi connectivity index (χ4n) is 2.73. The van der Waals surface area contributed by atoms with Gasteiger partial charge >= 0.3 is 0 Å². The standard InChI is InChI=1S/C14H25N3O/c1-4-15-13(14-8-5-11(2)18-14)7-6-12-9-16-17(3)10-12/h9-11,13-15H,4-8H2,1-3H3. The molecule has 2 rings (SSSR count). The van der Waals surface area contributed by atoms with Crippen molar-refractivity contribution < 1.29 is 4.74 Å². The zero-order valence-corrected chi connectivity index (χ0v) is 11.7. The predicted octanol–water partition coefficient (Wildman–Crippen LogP) is 1.90. The first kappa shape index (κ1) is 13.6. The van der Waals surface area contributed by atoms with E-state index < -0.39 is 0 Å². The highest BCUT2D eigenvalue weighted by Crippen LogP contribution is 2.23. The van der Waals surface area contributed by atoms with Crippen LogP contribution < -0.4 is 5.32 Å². The molecule has 1 aliphatic heterocycles. The van der Waals surface area contributed by atoms with Crippen molar-refractivity contribution in [3.05, 3.63) is 18.0 Å². The van der Waals surface area contributed by atoms with E-state index in [-0.39, 0.29) is 0 Å². The maximum absolute atomic E-state index is 5.99. The number of aryl methyl sites for hydroxylation is 2. The maximum Gasteiger partial charge on any atom is 0.0732 e. The Balaban J connectivity index is 1.86. The molecule has 102 valence electrons. The second-order valence-electron chi connectivity index (χ2n) is 5.29. The van der Waals surface area contributed by atoms with Crippen LogP contribution in [0.3, 0.4) is 0 Å². The highest BCUT2D eigenvalue weighted by molar-refractivity contribution is 5.04. The number of aromatic nitrogens is 2. The van der Waals surface area contributed by atoms with Crippen LogP contribution in [0.25, 0.3) is 0 Å². The van der Waals surface area contributed by atoms with Gasteiger partial charge in [0, 0.05) is 19.3 Å². The van der Waals surface area contributed by atoms with Crippen LogP contribution in [0.15, 0.2) is 12.4 Å². The van der Waals surface area contributed by atoms with Gasteiger partial charge in [-0.1, -0.05) is 6.92 Å². The zero-order chi connectivity index (χ0) is 13.0. The van der Waals surface area contributed by atoms with Crippen LogP contribution in [0.2, 0.25) is 0 Å². The molecule has 1 aromatic heterocycles. The molecule has 1 aromatic rings. The van der Waals surface area contributed by atoms with Gasteiger partial charge in [0.15, 0.2) is 0 Å².